The molecule has 1 heterocycles. The lowest BCUT2D eigenvalue weighted by atomic mass is 9.67. The number of oxazole rings is 1. The zero-order chi connectivity index (χ0) is 18.2. The van der Waals surface area contributed by atoms with Gasteiger partial charge in [0.15, 0.2) is 17.2 Å². The van der Waals surface area contributed by atoms with Crippen LogP contribution >= 0.6 is 0 Å². The van der Waals surface area contributed by atoms with Gasteiger partial charge in [-0.2, -0.15) is 5.26 Å². The number of hydrogen-bond donors (Lipinski definition) is 1. The average molecular weight is 342 g/mol. The molecule has 0 atom stereocenters. The van der Waals surface area contributed by atoms with Gasteiger partial charge in [-0.05, 0) is 31.7 Å². The third-order valence-electron chi connectivity index (χ3n) is 5.16. The summed E-state index contributed by atoms with van der Waals surface area (Å²) in [5.41, 5.74) is 1.28. The first-order valence-corrected chi connectivity index (χ1v) is 8.54. The van der Waals surface area contributed by atoms with Gasteiger partial charge in [0.25, 0.3) is 0 Å². The van der Waals surface area contributed by atoms with Crippen molar-refractivity contribution in [1.82, 2.24) is 4.98 Å². The Hall–Kier alpha value is -2.55. The van der Waals surface area contributed by atoms with E-state index in [0.717, 1.165) is 5.56 Å². The Bertz CT molecular complexity index is 839. The van der Waals surface area contributed by atoms with Crippen molar-refractivity contribution in [3.63, 3.8) is 0 Å². The summed E-state index contributed by atoms with van der Waals surface area (Å²) in [4.78, 5) is 15.9. The van der Waals surface area contributed by atoms with E-state index in [1.807, 2.05) is 19.9 Å². The van der Waals surface area contributed by atoms with Gasteiger partial charge in [0.1, 0.15) is 5.52 Å². The van der Waals surface area contributed by atoms with Gasteiger partial charge < -0.3 is 14.3 Å². The highest BCUT2D eigenvalue weighted by Gasteiger charge is 2.41. The topological polar surface area (TPSA) is 96.3 Å². The molecule has 25 heavy (non-hydrogen) atoms. The Morgan fingerprint density at radius 1 is 1.44 bits per heavy atom. The summed E-state index contributed by atoms with van der Waals surface area (Å²) in [6, 6.07) is 6.12. The first kappa shape index (κ1) is 17.3. The third-order valence-corrected chi connectivity index (χ3v) is 5.16. The fourth-order valence-corrected chi connectivity index (χ4v) is 3.59. The van der Waals surface area contributed by atoms with Gasteiger partial charge in [0, 0.05) is 11.5 Å². The molecular formula is C19H22N2O4. The maximum atomic E-state index is 11.2. The summed E-state index contributed by atoms with van der Waals surface area (Å²) < 4.78 is 11.3. The predicted octanol–water partition coefficient (Wildman–Crippen LogP) is 4.00. The van der Waals surface area contributed by atoms with Gasteiger partial charge >= 0.3 is 5.97 Å². The van der Waals surface area contributed by atoms with Gasteiger partial charge in [0.2, 0.25) is 0 Å². The molecule has 1 aliphatic carbocycles. The van der Waals surface area contributed by atoms with Crippen LogP contribution in [0.3, 0.4) is 0 Å². The Labute approximate surface area is 146 Å². The van der Waals surface area contributed by atoms with Crippen LogP contribution in [0.25, 0.3) is 11.1 Å². The number of rotatable bonds is 4. The zero-order valence-electron chi connectivity index (χ0n) is 14.7. The minimum Gasteiger partial charge on any atom is -0.493 e. The van der Waals surface area contributed by atoms with Gasteiger partial charge in [-0.15, -0.1) is 0 Å². The number of carboxylic acids is 1. The first-order valence-electron chi connectivity index (χ1n) is 8.54. The minimum absolute atomic E-state index is 0.116. The number of fused-ring (bicyclic) bond motifs is 1. The summed E-state index contributed by atoms with van der Waals surface area (Å²) in [7, 11) is 1.57. The largest absolute Gasteiger partial charge is 0.493 e. The second-order valence-electron chi connectivity index (χ2n) is 7.01. The van der Waals surface area contributed by atoms with E-state index >= 15 is 0 Å². The number of aromatic nitrogens is 1. The van der Waals surface area contributed by atoms with E-state index in [-0.39, 0.29) is 11.8 Å². The van der Waals surface area contributed by atoms with E-state index in [9.17, 15) is 15.2 Å². The lowest BCUT2D eigenvalue weighted by Gasteiger charge is -2.33. The number of carboxylic acid groups (broad SMARTS) is 1. The van der Waals surface area contributed by atoms with Crippen LogP contribution in [0.2, 0.25) is 0 Å². The summed E-state index contributed by atoms with van der Waals surface area (Å²) in [5.74, 6) is 0.151. The molecule has 0 unspecified atom stereocenters. The van der Waals surface area contributed by atoms with Crippen molar-refractivity contribution in [2.75, 3.05) is 7.11 Å². The molecule has 0 amide bonds. The number of methoxy groups -OCH3 is 1. The molecule has 0 bridgehead atoms. The van der Waals surface area contributed by atoms with Crippen LogP contribution in [0, 0.1) is 17.2 Å². The van der Waals surface area contributed by atoms with Crippen molar-refractivity contribution in [3.8, 4) is 11.8 Å². The fourth-order valence-electron chi connectivity index (χ4n) is 3.59. The van der Waals surface area contributed by atoms with Crippen LogP contribution in [0.4, 0.5) is 0 Å². The van der Waals surface area contributed by atoms with Crippen molar-refractivity contribution in [2.24, 2.45) is 5.92 Å². The Balaban J connectivity index is 2.11. The molecule has 1 saturated carbocycles. The summed E-state index contributed by atoms with van der Waals surface area (Å²) in [5, 5.41) is 19.2. The Morgan fingerprint density at radius 2 is 2.12 bits per heavy atom. The van der Waals surface area contributed by atoms with Gasteiger partial charge in [-0.1, -0.05) is 19.9 Å². The Morgan fingerprint density at radius 3 is 2.64 bits per heavy atom. The lowest BCUT2D eigenvalue weighted by molar-refractivity contribution is -0.143. The molecule has 6 nitrogen and oxygen atoms in total. The molecule has 2 aromatic rings. The van der Waals surface area contributed by atoms with Crippen LogP contribution in [-0.2, 0) is 10.2 Å². The highest BCUT2D eigenvalue weighted by molar-refractivity contribution is 5.84. The lowest BCUT2D eigenvalue weighted by Crippen LogP contribution is -2.33. The highest BCUT2D eigenvalue weighted by Crippen LogP contribution is 2.45. The molecule has 132 valence electrons. The van der Waals surface area contributed by atoms with E-state index in [1.165, 1.54) is 0 Å². The molecule has 1 aromatic carbocycles. The van der Waals surface area contributed by atoms with E-state index < -0.39 is 11.4 Å². The molecule has 1 aliphatic rings. The number of aliphatic carboxylic acids is 1. The first-order chi connectivity index (χ1) is 11.9. The second-order valence-corrected chi connectivity index (χ2v) is 7.01. The predicted molar refractivity (Wildman–Crippen MR) is 91.5 cm³/mol. The molecule has 6 heteroatoms. The molecule has 0 radical (unpaired) electrons. The van der Waals surface area contributed by atoms with Crippen LogP contribution in [-0.4, -0.2) is 23.2 Å². The molecule has 3 rings (SSSR count). The maximum absolute atomic E-state index is 11.2. The molecule has 0 aliphatic heterocycles. The molecule has 1 aromatic heterocycles. The second kappa shape index (κ2) is 6.40. The molecule has 1 N–H and O–H groups in total. The number of nitriles is 1. The normalized spacial score (nSPS) is 23.6. The standard InChI is InChI=1S/C19H22N2O4/c1-11(2)17-21-15-13(4-5-14(24-3)16(15)25-17)19(10-20)8-6-12(7-9-19)18(22)23/h4-5,11-12H,6-9H2,1-3H3,(H,22,23). The zero-order valence-corrected chi connectivity index (χ0v) is 14.7. The van der Waals surface area contributed by atoms with E-state index in [4.69, 9.17) is 9.15 Å². The van der Waals surface area contributed by atoms with Crippen molar-refractivity contribution in [3.05, 3.63) is 23.6 Å². The maximum Gasteiger partial charge on any atom is 0.306 e. The quantitative estimate of drug-likeness (QED) is 0.902. The fraction of sp³-hybridized carbons (Fsp3) is 0.526. The monoisotopic (exact) mass is 342 g/mol. The number of carbonyl (C=O) groups is 1. The highest BCUT2D eigenvalue weighted by atomic mass is 16.5. The van der Waals surface area contributed by atoms with Crippen LogP contribution in [0.1, 0.15) is 56.9 Å². The summed E-state index contributed by atoms with van der Waals surface area (Å²) in [6.07, 6.45) is 1.99. The molecule has 0 saturated heterocycles. The molecule has 1 fully saturated rings. The molecular weight excluding hydrogens is 320 g/mol. The van der Waals surface area contributed by atoms with Crippen LogP contribution < -0.4 is 4.74 Å². The SMILES string of the molecule is COc1ccc(C2(C#N)CCC(C(=O)O)CC2)c2nc(C(C)C)oc12. The van der Waals surface area contributed by atoms with Crippen LogP contribution in [0.15, 0.2) is 16.5 Å². The minimum atomic E-state index is -0.782. The van der Waals surface area contributed by atoms with E-state index in [2.05, 4.69) is 11.1 Å². The van der Waals surface area contributed by atoms with Gasteiger partial charge in [-0.25, -0.2) is 4.98 Å². The smallest absolute Gasteiger partial charge is 0.306 e. The van der Waals surface area contributed by atoms with Crippen molar-refractivity contribution in [1.29, 1.82) is 5.26 Å². The van der Waals surface area contributed by atoms with Gasteiger partial charge in [-0.3, -0.25) is 4.79 Å². The third kappa shape index (κ3) is 2.84. The Kier molecular flexibility index (Phi) is 4.42. The van der Waals surface area contributed by atoms with E-state index in [1.54, 1.807) is 13.2 Å². The number of nitrogens with zero attached hydrogens (tertiary/aromatic N) is 2. The summed E-state index contributed by atoms with van der Waals surface area (Å²) >= 11 is 0. The summed E-state index contributed by atoms with van der Waals surface area (Å²) in [6.45, 7) is 3.99. The number of ether oxygens (including phenoxy) is 1. The van der Waals surface area contributed by atoms with Crippen molar-refractivity contribution < 1.29 is 19.1 Å². The van der Waals surface area contributed by atoms with Gasteiger partial charge in [0.05, 0.1) is 24.5 Å². The number of hydrogen-bond acceptors (Lipinski definition) is 5. The average Bonchev–Trinajstić information content (AvgIpc) is 3.06. The van der Waals surface area contributed by atoms with Crippen molar-refractivity contribution >= 4 is 17.1 Å². The van der Waals surface area contributed by atoms with E-state index in [0.29, 0.717) is 48.4 Å². The number of benzene rings is 1. The molecule has 0 spiro atoms. The van der Waals surface area contributed by atoms with Crippen LogP contribution in [0.5, 0.6) is 5.75 Å². The van der Waals surface area contributed by atoms with Crippen molar-refractivity contribution in [2.45, 2.75) is 50.9 Å².